The van der Waals surface area contributed by atoms with Crippen molar-refractivity contribution in [3.63, 3.8) is 0 Å². The van der Waals surface area contributed by atoms with Crippen LogP contribution in [0.4, 0.5) is 0 Å². The topological polar surface area (TPSA) is 102 Å². The van der Waals surface area contributed by atoms with Crippen LogP contribution in [-0.4, -0.2) is 22.7 Å². The summed E-state index contributed by atoms with van der Waals surface area (Å²) < 4.78 is 16.1. The molecule has 3 aromatic rings. The van der Waals surface area contributed by atoms with Gasteiger partial charge >= 0.3 is 5.97 Å². The second-order valence-electron chi connectivity index (χ2n) is 6.41. The van der Waals surface area contributed by atoms with Gasteiger partial charge in [0.2, 0.25) is 0 Å². The number of hydrogen-bond donors (Lipinski definition) is 0. The van der Waals surface area contributed by atoms with E-state index >= 15 is 0 Å². The predicted molar refractivity (Wildman–Crippen MR) is 86.4 cm³/mol. The van der Waals surface area contributed by atoms with E-state index in [0.29, 0.717) is 34.5 Å². The lowest BCUT2D eigenvalue weighted by Crippen LogP contribution is -2.15. The zero-order chi connectivity index (χ0) is 17.4. The summed E-state index contributed by atoms with van der Waals surface area (Å²) in [4.78, 5) is 17.0. The van der Waals surface area contributed by atoms with Gasteiger partial charge in [-0.15, -0.1) is 0 Å². The van der Waals surface area contributed by atoms with E-state index in [2.05, 4.69) is 16.2 Å². The van der Waals surface area contributed by atoms with Gasteiger partial charge in [0, 0.05) is 17.5 Å². The van der Waals surface area contributed by atoms with Crippen molar-refractivity contribution in [2.75, 3.05) is 6.61 Å². The summed E-state index contributed by atoms with van der Waals surface area (Å²) in [6, 6.07) is 7.27. The molecular formula is C18H15N3O4. The van der Waals surface area contributed by atoms with E-state index in [1.54, 1.807) is 25.1 Å². The van der Waals surface area contributed by atoms with Gasteiger partial charge in [0.05, 0.1) is 29.9 Å². The molecule has 3 heterocycles. The zero-order valence-electron chi connectivity index (χ0n) is 13.6. The molecule has 0 aromatic carbocycles. The fraction of sp³-hybridized carbons (Fsp3) is 0.333. The average Bonchev–Trinajstić information content (AvgIpc) is 3.00. The minimum Gasteiger partial charge on any atom is -0.463 e. The van der Waals surface area contributed by atoms with Crippen molar-refractivity contribution >= 4 is 17.1 Å². The summed E-state index contributed by atoms with van der Waals surface area (Å²) in [5.74, 6) is 0.0114. The summed E-state index contributed by atoms with van der Waals surface area (Å²) in [5.41, 5.74) is 1.46. The highest BCUT2D eigenvalue weighted by atomic mass is 16.5. The Morgan fingerprint density at radius 3 is 3.00 bits per heavy atom. The van der Waals surface area contributed by atoms with Gasteiger partial charge in [-0.3, -0.25) is 0 Å². The molecule has 25 heavy (non-hydrogen) atoms. The average molecular weight is 337 g/mol. The minimum absolute atomic E-state index is 0.176. The standard InChI is InChI=1S/C18H15N3O4/c1-11-9-12(17(22)24-10-18(4-5-18)6-7-19)14-15(13-3-2-8-23-13)21-25-16(14)20-11/h2-3,8-9H,4-6,10H2,1H3. The highest BCUT2D eigenvalue weighted by Gasteiger charge is 2.44. The first kappa shape index (κ1) is 15.4. The van der Waals surface area contributed by atoms with E-state index in [9.17, 15) is 4.79 Å². The number of aromatic nitrogens is 2. The van der Waals surface area contributed by atoms with Crippen LogP contribution < -0.4 is 0 Å². The molecule has 3 aromatic heterocycles. The number of aryl methyl sites for hydroxylation is 1. The third kappa shape index (κ3) is 2.76. The fourth-order valence-corrected chi connectivity index (χ4v) is 2.83. The molecule has 4 rings (SSSR count). The normalized spacial score (nSPS) is 15.0. The Labute approximate surface area is 143 Å². The van der Waals surface area contributed by atoms with Gasteiger partial charge in [-0.2, -0.15) is 5.26 Å². The fourth-order valence-electron chi connectivity index (χ4n) is 2.83. The summed E-state index contributed by atoms with van der Waals surface area (Å²) in [6.07, 6.45) is 3.73. The summed E-state index contributed by atoms with van der Waals surface area (Å²) in [7, 11) is 0. The smallest absolute Gasteiger partial charge is 0.339 e. The van der Waals surface area contributed by atoms with Gasteiger partial charge in [0.25, 0.3) is 5.71 Å². The van der Waals surface area contributed by atoms with Crippen molar-refractivity contribution in [3.05, 3.63) is 35.7 Å². The molecule has 0 atom stereocenters. The maximum absolute atomic E-state index is 12.7. The Kier molecular flexibility index (Phi) is 3.53. The van der Waals surface area contributed by atoms with Crippen molar-refractivity contribution in [3.8, 4) is 17.5 Å². The van der Waals surface area contributed by atoms with Gasteiger partial charge in [-0.05, 0) is 38.0 Å². The number of nitrogens with zero attached hydrogens (tertiary/aromatic N) is 3. The predicted octanol–water partition coefficient (Wildman–Crippen LogP) is 3.64. The highest BCUT2D eigenvalue weighted by Crippen LogP contribution is 2.48. The first-order chi connectivity index (χ1) is 12.1. The van der Waals surface area contributed by atoms with Crippen LogP contribution in [0.2, 0.25) is 0 Å². The van der Waals surface area contributed by atoms with Gasteiger partial charge in [0.15, 0.2) is 11.5 Å². The summed E-state index contributed by atoms with van der Waals surface area (Å²) in [6.45, 7) is 2.01. The van der Waals surface area contributed by atoms with E-state index in [0.717, 1.165) is 12.8 Å². The molecule has 0 saturated heterocycles. The maximum Gasteiger partial charge on any atom is 0.339 e. The molecule has 0 unspecified atom stereocenters. The Bertz CT molecular complexity index is 978. The number of ether oxygens (including phenoxy) is 1. The molecule has 0 radical (unpaired) electrons. The monoisotopic (exact) mass is 337 g/mol. The van der Waals surface area contributed by atoms with Gasteiger partial charge in [-0.1, -0.05) is 5.16 Å². The number of pyridine rings is 1. The number of fused-ring (bicyclic) bond motifs is 1. The van der Waals surface area contributed by atoms with E-state index < -0.39 is 5.97 Å². The van der Waals surface area contributed by atoms with Crippen LogP contribution in [0, 0.1) is 23.7 Å². The number of carbonyl (C=O) groups is 1. The highest BCUT2D eigenvalue weighted by molar-refractivity contribution is 6.07. The molecule has 0 aliphatic heterocycles. The SMILES string of the molecule is Cc1cc(C(=O)OCC2(CC#N)CC2)c2c(-c3ccco3)noc2n1. The summed E-state index contributed by atoms with van der Waals surface area (Å²) in [5, 5.41) is 13.3. The van der Waals surface area contributed by atoms with Crippen LogP contribution in [0.3, 0.4) is 0 Å². The van der Waals surface area contributed by atoms with E-state index in [4.69, 9.17) is 18.9 Å². The zero-order valence-corrected chi connectivity index (χ0v) is 13.6. The van der Waals surface area contributed by atoms with Gasteiger partial charge in [0.1, 0.15) is 0 Å². The number of nitriles is 1. The van der Waals surface area contributed by atoms with Crippen LogP contribution in [0.15, 0.2) is 33.4 Å². The second-order valence-corrected chi connectivity index (χ2v) is 6.41. The van der Waals surface area contributed by atoms with Crippen molar-refractivity contribution in [1.29, 1.82) is 5.26 Å². The molecule has 7 nitrogen and oxygen atoms in total. The van der Waals surface area contributed by atoms with Crippen LogP contribution in [-0.2, 0) is 4.74 Å². The van der Waals surface area contributed by atoms with Gasteiger partial charge < -0.3 is 13.7 Å². The third-order valence-corrected chi connectivity index (χ3v) is 4.47. The molecule has 0 amide bonds. The second kappa shape index (κ2) is 5.74. The molecular weight excluding hydrogens is 322 g/mol. The van der Waals surface area contributed by atoms with Crippen molar-refractivity contribution in [2.45, 2.75) is 26.2 Å². The Morgan fingerprint density at radius 2 is 2.32 bits per heavy atom. The number of furan rings is 1. The quantitative estimate of drug-likeness (QED) is 0.655. The molecule has 126 valence electrons. The minimum atomic E-state index is -0.476. The number of hydrogen-bond acceptors (Lipinski definition) is 7. The van der Waals surface area contributed by atoms with Crippen LogP contribution in [0.25, 0.3) is 22.6 Å². The maximum atomic E-state index is 12.7. The number of carbonyl (C=O) groups excluding carboxylic acids is 1. The lowest BCUT2D eigenvalue weighted by molar-refractivity contribution is 0.0421. The van der Waals surface area contributed by atoms with Gasteiger partial charge in [-0.25, -0.2) is 9.78 Å². The summed E-state index contributed by atoms with van der Waals surface area (Å²) >= 11 is 0. The number of esters is 1. The third-order valence-electron chi connectivity index (χ3n) is 4.47. The van der Waals surface area contributed by atoms with Crippen molar-refractivity contribution < 1.29 is 18.5 Å². The molecule has 1 aliphatic rings. The first-order valence-corrected chi connectivity index (χ1v) is 7.97. The van der Waals surface area contributed by atoms with Crippen LogP contribution in [0.5, 0.6) is 0 Å². The van der Waals surface area contributed by atoms with E-state index in [-0.39, 0.29) is 17.7 Å². The first-order valence-electron chi connectivity index (χ1n) is 7.97. The van der Waals surface area contributed by atoms with E-state index in [1.165, 1.54) is 6.26 Å². The lowest BCUT2D eigenvalue weighted by Gasteiger charge is -2.12. The van der Waals surface area contributed by atoms with Crippen molar-refractivity contribution in [2.24, 2.45) is 5.41 Å². The van der Waals surface area contributed by atoms with Crippen molar-refractivity contribution in [1.82, 2.24) is 10.1 Å². The van der Waals surface area contributed by atoms with E-state index in [1.807, 2.05) is 0 Å². The molecule has 1 saturated carbocycles. The molecule has 0 spiro atoms. The molecule has 1 aliphatic carbocycles. The molecule has 0 N–H and O–H groups in total. The Morgan fingerprint density at radius 1 is 1.48 bits per heavy atom. The van der Waals surface area contributed by atoms with Crippen LogP contribution in [0.1, 0.15) is 35.3 Å². The van der Waals surface area contributed by atoms with Crippen LogP contribution >= 0.6 is 0 Å². The Balaban J connectivity index is 1.70. The largest absolute Gasteiger partial charge is 0.463 e. The molecule has 1 fully saturated rings. The lowest BCUT2D eigenvalue weighted by atomic mass is 10.1. The number of rotatable bonds is 5. The Hall–Kier alpha value is -3.14. The molecule has 7 heteroatoms. The molecule has 0 bridgehead atoms.